The van der Waals surface area contributed by atoms with E-state index in [-0.39, 0.29) is 17.2 Å². The van der Waals surface area contributed by atoms with Gasteiger partial charge in [0.15, 0.2) is 0 Å². The van der Waals surface area contributed by atoms with Crippen LogP contribution in [-0.2, 0) is 19.4 Å². The predicted molar refractivity (Wildman–Crippen MR) is 84.1 cm³/mol. The Morgan fingerprint density at radius 2 is 2.12 bits per heavy atom. The van der Waals surface area contributed by atoms with Crippen LogP contribution in [0, 0.1) is 0 Å². The molecule has 1 heterocycles. The van der Waals surface area contributed by atoms with Gasteiger partial charge in [0.1, 0.15) is 5.75 Å². The van der Waals surface area contributed by atoms with Crippen LogP contribution in [0.25, 0.3) is 0 Å². The Hall–Kier alpha value is -2.44. The zero-order valence-corrected chi connectivity index (χ0v) is 13.1. The summed E-state index contributed by atoms with van der Waals surface area (Å²) in [5, 5.41) is 10.1. The maximum atomic E-state index is 12.2. The van der Waals surface area contributed by atoms with Gasteiger partial charge in [0.05, 0.1) is 12.2 Å². The van der Waals surface area contributed by atoms with Crippen LogP contribution in [0.4, 0.5) is 8.78 Å². The van der Waals surface area contributed by atoms with E-state index < -0.39 is 6.61 Å². The van der Waals surface area contributed by atoms with Crippen molar-refractivity contribution in [2.75, 3.05) is 0 Å². The number of nitrogens with one attached hydrogen (secondary N) is 2. The first kappa shape index (κ1) is 16.4. The van der Waals surface area contributed by atoms with Crippen LogP contribution in [0.5, 0.6) is 5.75 Å². The normalized spacial score (nSPS) is 14.1. The molecule has 24 heavy (non-hydrogen) atoms. The number of halogens is 2. The van der Waals surface area contributed by atoms with Gasteiger partial charge in [-0.15, -0.1) is 0 Å². The number of amides is 1. The monoisotopic (exact) mass is 335 g/mol. The minimum absolute atomic E-state index is 0.0358. The van der Waals surface area contributed by atoms with Crippen LogP contribution >= 0.6 is 0 Å². The summed E-state index contributed by atoms with van der Waals surface area (Å²) in [6.07, 6.45) is 5.43. The molecule has 0 atom stereocenters. The molecule has 0 radical (unpaired) electrons. The van der Waals surface area contributed by atoms with E-state index >= 15 is 0 Å². The molecule has 2 aromatic rings. The van der Waals surface area contributed by atoms with Gasteiger partial charge in [-0.1, -0.05) is 12.5 Å². The van der Waals surface area contributed by atoms with E-state index in [0.717, 1.165) is 37.1 Å². The fraction of sp³-hybridized carbons (Fsp3) is 0.412. The number of ether oxygens (including phenoxy) is 1. The third-order valence-corrected chi connectivity index (χ3v) is 4.13. The number of aryl methyl sites for hydroxylation is 1. The summed E-state index contributed by atoms with van der Waals surface area (Å²) in [7, 11) is 0. The van der Waals surface area contributed by atoms with E-state index in [2.05, 4.69) is 20.3 Å². The highest BCUT2D eigenvalue weighted by atomic mass is 19.3. The highest BCUT2D eigenvalue weighted by Crippen LogP contribution is 2.22. The maximum absolute atomic E-state index is 12.2. The summed E-state index contributed by atoms with van der Waals surface area (Å²) < 4.78 is 28.8. The Labute approximate surface area is 138 Å². The number of benzene rings is 1. The number of aromatic amines is 1. The predicted octanol–water partition coefficient (Wildman–Crippen LogP) is 3.21. The Kier molecular flexibility index (Phi) is 5.08. The number of rotatable bonds is 5. The lowest BCUT2D eigenvalue weighted by Gasteiger charge is -2.08. The van der Waals surface area contributed by atoms with Gasteiger partial charge in [-0.25, -0.2) is 0 Å². The molecule has 0 fully saturated rings. The highest BCUT2D eigenvalue weighted by molar-refractivity contribution is 5.94. The number of fused-ring (bicyclic) bond motifs is 1. The first-order valence-electron chi connectivity index (χ1n) is 8.01. The first-order valence-corrected chi connectivity index (χ1v) is 8.01. The highest BCUT2D eigenvalue weighted by Gasteiger charge is 2.16. The average molecular weight is 335 g/mol. The summed E-state index contributed by atoms with van der Waals surface area (Å²) in [6.45, 7) is -2.60. The minimum Gasteiger partial charge on any atom is -0.435 e. The summed E-state index contributed by atoms with van der Waals surface area (Å²) >= 11 is 0. The van der Waals surface area contributed by atoms with Gasteiger partial charge < -0.3 is 10.1 Å². The number of aromatic nitrogens is 2. The van der Waals surface area contributed by atoms with Gasteiger partial charge in [0, 0.05) is 11.3 Å². The first-order chi connectivity index (χ1) is 11.6. The van der Waals surface area contributed by atoms with Crippen molar-refractivity contribution in [3.05, 3.63) is 46.8 Å². The van der Waals surface area contributed by atoms with Crippen molar-refractivity contribution >= 4 is 5.91 Å². The molecular formula is C17H19F2N3O2. The van der Waals surface area contributed by atoms with Gasteiger partial charge in [-0.2, -0.15) is 13.9 Å². The molecule has 0 bridgehead atoms. The van der Waals surface area contributed by atoms with Crippen molar-refractivity contribution < 1.29 is 18.3 Å². The number of hydrogen-bond donors (Lipinski definition) is 2. The third-order valence-electron chi connectivity index (χ3n) is 4.13. The maximum Gasteiger partial charge on any atom is 0.387 e. The molecule has 1 amide bonds. The zero-order chi connectivity index (χ0) is 16.9. The van der Waals surface area contributed by atoms with Gasteiger partial charge in [-0.05, 0) is 49.4 Å². The van der Waals surface area contributed by atoms with Gasteiger partial charge in [0.2, 0.25) is 0 Å². The van der Waals surface area contributed by atoms with Crippen molar-refractivity contribution in [1.82, 2.24) is 15.5 Å². The fourth-order valence-electron chi connectivity index (χ4n) is 2.95. The molecule has 5 nitrogen and oxygen atoms in total. The number of H-pyrrole nitrogens is 1. The Balaban J connectivity index is 1.65. The number of nitrogens with zero attached hydrogens (tertiary/aromatic N) is 1. The molecule has 1 aromatic heterocycles. The van der Waals surface area contributed by atoms with Crippen molar-refractivity contribution in [3.63, 3.8) is 0 Å². The van der Waals surface area contributed by atoms with E-state index in [9.17, 15) is 13.6 Å². The number of carbonyl (C=O) groups excluding carboxylic acids is 1. The van der Waals surface area contributed by atoms with E-state index in [1.54, 1.807) is 6.07 Å². The van der Waals surface area contributed by atoms with Crippen LogP contribution in [0.1, 0.15) is 46.6 Å². The second kappa shape index (κ2) is 7.42. The SMILES string of the molecule is O=C(NCc1n[nH]c2c1CCCCC2)c1cccc(OC(F)F)c1. The molecule has 128 valence electrons. The summed E-state index contributed by atoms with van der Waals surface area (Å²) in [6, 6.07) is 5.75. The standard InChI is InChI=1S/C17H19F2N3O2/c18-17(19)24-12-6-4-5-11(9-12)16(23)20-10-15-13-7-2-1-3-8-14(13)21-22-15/h4-6,9,17H,1-3,7-8,10H2,(H,20,23)(H,21,22). The lowest BCUT2D eigenvalue weighted by atomic mass is 10.1. The summed E-state index contributed by atoms with van der Waals surface area (Å²) in [4.78, 5) is 12.2. The summed E-state index contributed by atoms with van der Waals surface area (Å²) in [5.41, 5.74) is 3.47. The topological polar surface area (TPSA) is 67.0 Å². The second-order valence-electron chi connectivity index (χ2n) is 5.78. The third kappa shape index (κ3) is 3.90. The van der Waals surface area contributed by atoms with Crippen molar-refractivity contribution in [2.45, 2.75) is 45.3 Å². The lowest BCUT2D eigenvalue weighted by Crippen LogP contribution is -2.23. The molecule has 3 rings (SSSR count). The lowest BCUT2D eigenvalue weighted by molar-refractivity contribution is -0.0498. The fourth-order valence-corrected chi connectivity index (χ4v) is 2.95. The molecule has 0 saturated heterocycles. The molecule has 1 aliphatic carbocycles. The Morgan fingerprint density at radius 1 is 1.29 bits per heavy atom. The van der Waals surface area contributed by atoms with Crippen LogP contribution in [0.2, 0.25) is 0 Å². The van der Waals surface area contributed by atoms with Crippen molar-refractivity contribution in [1.29, 1.82) is 0 Å². The number of hydrogen-bond acceptors (Lipinski definition) is 3. The van der Waals surface area contributed by atoms with E-state index in [0.29, 0.717) is 6.54 Å². The van der Waals surface area contributed by atoms with Crippen LogP contribution in [0.15, 0.2) is 24.3 Å². The average Bonchev–Trinajstić information content (AvgIpc) is 2.79. The molecule has 2 N–H and O–H groups in total. The van der Waals surface area contributed by atoms with Crippen molar-refractivity contribution in [2.24, 2.45) is 0 Å². The van der Waals surface area contributed by atoms with Crippen LogP contribution in [-0.4, -0.2) is 22.7 Å². The summed E-state index contributed by atoms with van der Waals surface area (Å²) in [5.74, 6) is -0.383. The van der Waals surface area contributed by atoms with Gasteiger partial charge >= 0.3 is 6.61 Å². The molecular weight excluding hydrogens is 316 g/mol. The Morgan fingerprint density at radius 3 is 2.96 bits per heavy atom. The number of alkyl halides is 2. The molecule has 0 unspecified atom stereocenters. The molecule has 1 aromatic carbocycles. The zero-order valence-electron chi connectivity index (χ0n) is 13.1. The van der Waals surface area contributed by atoms with Crippen molar-refractivity contribution in [3.8, 4) is 5.75 Å². The quantitative estimate of drug-likeness (QED) is 0.825. The molecule has 0 spiro atoms. The molecule has 0 aliphatic heterocycles. The largest absolute Gasteiger partial charge is 0.435 e. The van der Waals surface area contributed by atoms with E-state index in [1.165, 1.54) is 30.2 Å². The molecule has 7 heteroatoms. The Bertz CT molecular complexity index is 716. The molecule has 0 saturated carbocycles. The molecule has 1 aliphatic rings. The number of carbonyl (C=O) groups is 1. The smallest absolute Gasteiger partial charge is 0.387 e. The minimum atomic E-state index is -2.91. The van der Waals surface area contributed by atoms with Gasteiger partial charge in [-0.3, -0.25) is 9.89 Å². The van der Waals surface area contributed by atoms with Gasteiger partial charge in [0.25, 0.3) is 5.91 Å². The van der Waals surface area contributed by atoms with Crippen LogP contribution in [0.3, 0.4) is 0 Å². The van der Waals surface area contributed by atoms with Crippen LogP contribution < -0.4 is 10.1 Å². The van der Waals surface area contributed by atoms with E-state index in [1.807, 2.05) is 0 Å². The van der Waals surface area contributed by atoms with E-state index in [4.69, 9.17) is 0 Å². The second-order valence-corrected chi connectivity index (χ2v) is 5.78.